The minimum atomic E-state index is 0.195. The van der Waals surface area contributed by atoms with Crippen molar-refractivity contribution in [2.45, 2.75) is 26.4 Å². The zero-order valence-corrected chi connectivity index (χ0v) is 16.9. The molecule has 1 aliphatic heterocycles. The SMILES string of the molecule is Cc1cccc(CN2CCN(C(=O)CCn3ncc4c(Cl)cccc43)CC2)c1. The first-order chi connectivity index (χ1) is 13.6. The van der Waals surface area contributed by atoms with Crippen LogP contribution in [-0.4, -0.2) is 51.7 Å². The van der Waals surface area contributed by atoms with Gasteiger partial charge in [-0.2, -0.15) is 5.10 Å². The van der Waals surface area contributed by atoms with Gasteiger partial charge in [-0.25, -0.2) is 0 Å². The second kappa shape index (κ2) is 8.33. The van der Waals surface area contributed by atoms with Crippen LogP contribution in [0.4, 0.5) is 0 Å². The number of halogens is 1. The van der Waals surface area contributed by atoms with Crippen molar-refractivity contribution >= 4 is 28.4 Å². The van der Waals surface area contributed by atoms with E-state index < -0.39 is 0 Å². The molecule has 146 valence electrons. The molecule has 0 spiro atoms. The van der Waals surface area contributed by atoms with Gasteiger partial charge in [0.2, 0.25) is 5.91 Å². The van der Waals surface area contributed by atoms with Gasteiger partial charge in [-0.3, -0.25) is 14.4 Å². The standard InChI is InChI=1S/C22H25ClN4O/c1-17-4-2-5-18(14-17)16-25-10-12-26(13-11-25)22(28)8-9-27-21-7-3-6-20(23)19(21)15-24-27/h2-7,14-15H,8-13,16H2,1H3. The van der Waals surface area contributed by atoms with Crippen molar-refractivity contribution in [2.75, 3.05) is 26.2 Å². The van der Waals surface area contributed by atoms with Crippen LogP contribution in [0.5, 0.6) is 0 Å². The highest BCUT2D eigenvalue weighted by Crippen LogP contribution is 2.23. The second-order valence-electron chi connectivity index (χ2n) is 7.44. The number of nitrogens with zero attached hydrogens (tertiary/aromatic N) is 4. The van der Waals surface area contributed by atoms with Crippen molar-refractivity contribution in [1.29, 1.82) is 0 Å². The summed E-state index contributed by atoms with van der Waals surface area (Å²) in [6.07, 6.45) is 2.23. The van der Waals surface area contributed by atoms with E-state index in [-0.39, 0.29) is 5.91 Å². The van der Waals surface area contributed by atoms with Crippen molar-refractivity contribution in [1.82, 2.24) is 19.6 Å². The van der Waals surface area contributed by atoms with E-state index in [4.69, 9.17) is 11.6 Å². The van der Waals surface area contributed by atoms with E-state index in [0.29, 0.717) is 18.0 Å². The maximum atomic E-state index is 12.6. The summed E-state index contributed by atoms with van der Waals surface area (Å²) in [6, 6.07) is 14.4. The number of rotatable bonds is 5. The van der Waals surface area contributed by atoms with Crippen LogP contribution in [0.1, 0.15) is 17.5 Å². The van der Waals surface area contributed by atoms with Gasteiger partial charge in [0.1, 0.15) is 0 Å². The molecule has 1 aliphatic rings. The molecule has 0 bridgehead atoms. The number of hydrogen-bond donors (Lipinski definition) is 0. The predicted molar refractivity (Wildman–Crippen MR) is 112 cm³/mol. The summed E-state index contributed by atoms with van der Waals surface area (Å²) in [5, 5.41) is 6.02. The Kier molecular flexibility index (Phi) is 5.64. The fraction of sp³-hybridized carbons (Fsp3) is 0.364. The van der Waals surface area contributed by atoms with Crippen molar-refractivity contribution in [3.8, 4) is 0 Å². The van der Waals surface area contributed by atoms with Crippen LogP contribution in [0.25, 0.3) is 10.9 Å². The Morgan fingerprint density at radius 3 is 2.68 bits per heavy atom. The average molecular weight is 397 g/mol. The lowest BCUT2D eigenvalue weighted by molar-refractivity contribution is -0.133. The van der Waals surface area contributed by atoms with Gasteiger partial charge in [0.05, 0.1) is 23.3 Å². The topological polar surface area (TPSA) is 41.4 Å². The van der Waals surface area contributed by atoms with Crippen molar-refractivity contribution < 1.29 is 4.79 Å². The van der Waals surface area contributed by atoms with Gasteiger partial charge in [0, 0.05) is 44.5 Å². The maximum absolute atomic E-state index is 12.6. The highest BCUT2D eigenvalue weighted by molar-refractivity contribution is 6.35. The lowest BCUT2D eigenvalue weighted by atomic mass is 10.1. The molecule has 1 fully saturated rings. The first-order valence-corrected chi connectivity index (χ1v) is 10.1. The molecule has 1 aromatic heterocycles. The summed E-state index contributed by atoms with van der Waals surface area (Å²) < 4.78 is 1.87. The Morgan fingerprint density at radius 2 is 1.89 bits per heavy atom. The summed E-state index contributed by atoms with van der Waals surface area (Å²) >= 11 is 6.20. The highest BCUT2D eigenvalue weighted by Gasteiger charge is 2.21. The Bertz CT molecular complexity index is 976. The van der Waals surface area contributed by atoms with Crippen LogP contribution in [-0.2, 0) is 17.9 Å². The van der Waals surface area contributed by atoms with Gasteiger partial charge in [-0.05, 0) is 24.6 Å². The number of fused-ring (bicyclic) bond motifs is 1. The number of benzene rings is 2. The number of aromatic nitrogens is 2. The van der Waals surface area contributed by atoms with Crippen molar-refractivity contribution in [3.63, 3.8) is 0 Å². The molecule has 0 aliphatic carbocycles. The number of piperazine rings is 1. The molecule has 5 nitrogen and oxygen atoms in total. The molecule has 0 saturated carbocycles. The number of aryl methyl sites for hydroxylation is 2. The molecule has 1 amide bonds. The van der Waals surface area contributed by atoms with Gasteiger partial charge >= 0.3 is 0 Å². The van der Waals surface area contributed by atoms with Crippen LogP contribution in [0.2, 0.25) is 5.02 Å². The number of carbonyl (C=O) groups is 1. The quantitative estimate of drug-likeness (QED) is 0.659. The van der Waals surface area contributed by atoms with E-state index in [2.05, 4.69) is 41.2 Å². The Labute approximate surface area is 170 Å². The first-order valence-electron chi connectivity index (χ1n) is 9.76. The molecule has 2 aromatic carbocycles. The van der Waals surface area contributed by atoms with E-state index in [9.17, 15) is 4.79 Å². The minimum Gasteiger partial charge on any atom is -0.340 e. The van der Waals surface area contributed by atoms with E-state index >= 15 is 0 Å². The second-order valence-corrected chi connectivity index (χ2v) is 7.84. The average Bonchev–Trinajstić information content (AvgIpc) is 3.11. The fourth-order valence-electron chi connectivity index (χ4n) is 3.83. The number of carbonyl (C=O) groups excluding carboxylic acids is 1. The van der Waals surface area contributed by atoms with Gasteiger partial charge < -0.3 is 4.90 Å². The van der Waals surface area contributed by atoms with Gasteiger partial charge in [0.25, 0.3) is 0 Å². The molecule has 28 heavy (non-hydrogen) atoms. The van der Waals surface area contributed by atoms with Gasteiger partial charge in [-0.1, -0.05) is 47.5 Å². The summed E-state index contributed by atoms with van der Waals surface area (Å²) in [6.45, 7) is 7.06. The normalized spacial score (nSPS) is 15.3. The monoisotopic (exact) mass is 396 g/mol. The maximum Gasteiger partial charge on any atom is 0.224 e. The molecule has 0 unspecified atom stereocenters. The Hall–Kier alpha value is -2.37. The molecule has 0 atom stereocenters. The summed E-state index contributed by atoms with van der Waals surface area (Å²) in [7, 11) is 0. The molecular weight excluding hydrogens is 372 g/mol. The molecule has 2 heterocycles. The summed E-state index contributed by atoms with van der Waals surface area (Å²) in [5.74, 6) is 0.195. The van der Waals surface area contributed by atoms with Crippen LogP contribution in [0, 0.1) is 6.92 Å². The third kappa shape index (κ3) is 4.21. The fourth-order valence-corrected chi connectivity index (χ4v) is 4.05. The largest absolute Gasteiger partial charge is 0.340 e. The molecule has 4 rings (SSSR count). The van der Waals surface area contributed by atoms with Gasteiger partial charge in [0.15, 0.2) is 0 Å². The molecule has 0 N–H and O–H groups in total. The van der Waals surface area contributed by atoms with E-state index in [1.807, 2.05) is 27.8 Å². The van der Waals surface area contributed by atoms with Crippen LogP contribution in [0.15, 0.2) is 48.7 Å². The smallest absolute Gasteiger partial charge is 0.224 e. The highest BCUT2D eigenvalue weighted by atomic mass is 35.5. The Morgan fingerprint density at radius 1 is 1.11 bits per heavy atom. The predicted octanol–water partition coefficient (Wildman–Crippen LogP) is 3.73. The zero-order chi connectivity index (χ0) is 19.5. The molecule has 3 aromatic rings. The van der Waals surface area contributed by atoms with Crippen LogP contribution in [0.3, 0.4) is 0 Å². The van der Waals surface area contributed by atoms with Crippen molar-refractivity contribution in [2.24, 2.45) is 0 Å². The zero-order valence-electron chi connectivity index (χ0n) is 16.1. The summed E-state index contributed by atoms with van der Waals surface area (Å²) in [5.41, 5.74) is 3.60. The number of hydrogen-bond acceptors (Lipinski definition) is 3. The van der Waals surface area contributed by atoms with Crippen molar-refractivity contribution in [3.05, 3.63) is 64.8 Å². The van der Waals surface area contributed by atoms with E-state index in [1.54, 1.807) is 6.20 Å². The lowest BCUT2D eigenvalue weighted by Crippen LogP contribution is -2.48. The third-order valence-corrected chi connectivity index (χ3v) is 5.71. The third-order valence-electron chi connectivity index (χ3n) is 5.39. The minimum absolute atomic E-state index is 0.195. The van der Waals surface area contributed by atoms with E-state index in [0.717, 1.165) is 43.6 Å². The van der Waals surface area contributed by atoms with E-state index in [1.165, 1.54) is 11.1 Å². The first kappa shape index (κ1) is 19.0. The lowest BCUT2D eigenvalue weighted by Gasteiger charge is -2.35. The molecular formula is C22H25ClN4O. The Balaban J connectivity index is 1.28. The van der Waals surface area contributed by atoms with Crippen LogP contribution < -0.4 is 0 Å². The van der Waals surface area contributed by atoms with Crippen LogP contribution >= 0.6 is 11.6 Å². The number of amides is 1. The summed E-state index contributed by atoms with van der Waals surface area (Å²) in [4.78, 5) is 17.0. The van der Waals surface area contributed by atoms with Gasteiger partial charge in [-0.15, -0.1) is 0 Å². The molecule has 6 heteroatoms. The molecule has 0 radical (unpaired) electrons. The molecule has 1 saturated heterocycles.